The van der Waals surface area contributed by atoms with Crippen molar-refractivity contribution in [3.63, 3.8) is 0 Å². The highest BCUT2D eigenvalue weighted by Gasteiger charge is 2.27. The number of benzene rings is 1. The number of hydrogen-bond donors (Lipinski definition) is 1. The fraction of sp³-hybridized carbons (Fsp3) is 0.364. The van der Waals surface area contributed by atoms with Gasteiger partial charge in [-0.15, -0.1) is 11.3 Å². The number of aryl methyl sites for hydroxylation is 1. The van der Waals surface area contributed by atoms with Gasteiger partial charge < -0.3 is 19.7 Å². The van der Waals surface area contributed by atoms with Crippen molar-refractivity contribution in [2.24, 2.45) is 0 Å². The largest absolute Gasteiger partial charge is 0.538 e. The van der Waals surface area contributed by atoms with E-state index in [-0.39, 0.29) is 16.7 Å². The number of thiophene rings is 1. The zero-order chi connectivity index (χ0) is 22.5. The minimum absolute atomic E-state index is 0.0353. The number of fused-ring (bicyclic) bond motifs is 1. The summed E-state index contributed by atoms with van der Waals surface area (Å²) in [6.07, 6.45) is 6.07. The molecule has 4 rings (SSSR count). The number of rotatable bonds is 6. The molecule has 2 aromatic heterocycles. The number of carbonyl (C=O) groups excluding carboxylic acids is 2. The number of nitrogens with zero attached hydrogens (tertiary/aromatic N) is 2. The molecule has 3 aromatic rings. The van der Waals surface area contributed by atoms with Gasteiger partial charge in [0, 0.05) is 17.0 Å². The van der Waals surface area contributed by atoms with E-state index in [0.717, 1.165) is 54.3 Å². The van der Waals surface area contributed by atoms with E-state index in [2.05, 4.69) is 10.6 Å². The molecule has 0 radical (unpaired) electrons. The lowest BCUT2D eigenvalue weighted by Gasteiger charge is -2.10. The number of methoxy groups -OCH3 is 1. The molecule has 0 fully saturated rings. The molecule has 2 heterocycles. The van der Waals surface area contributed by atoms with Gasteiger partial charge in [-0.2, -0.15) is 0 Å². The van der Waals surface area contributed by atoms with Gasteiger partial charge >= 0.3 is 5.97 Å². The van der Waals surface area contributed by atoms with E-state index in [9.17, 15) is 14.7 Å². The fourth-order valence-electron chi connectivity index (χ4n) is 3.72. The summed E-state index contributed by atoms with van der Waals surface area (Å²) < 4.78 is 11.2. The van der Waals surface area contributed by atoms with Crippen LogP contribution < -0.4 is 15.1 Å². The van der Waals surface area contributed by atoms with Crippen molar-refractivity contribution in [2.45, 2.75) is 43.6 Å². The number of hydrogen-bond acceptors (Lipinski definition) is 8. The number of nitrogens with one attached hydrogen (secondary N) is 1. The third-order valence-electron chi connectivity index (χ3n) is 5.23. The van der Waals surface area contributed by atoms with Gasteiger partial charge in [-0.1, -0.05) is 31.0 Å². The van der Waals surface area contributed by atoms with Crippen molar-refractivity contribution in [3.8, 4) is 11.6 Å². The van der Waals surface area contributed by atoms with E-state index in [1.807, 2.05) is 18.2 Å². The standard InChI is InChI=1S/C22H23N3O5S2/c1-29-21(27)18-15-11-7-2-3-8-12-16(15)32-19(18)23-17(26)13-31-20-22(28)30-24-25(20)14-9-5-4-6-10-14/h4-6,9-10H,2-3,7-8,11-13H2,1H3,(H-,23,24,26,27,28). The van der Waals surface area contributed by atoms with Crippen LogP contribution in [0, 0.1) is 0 Å². The van der Waals surface area contributed by atoms with Crippen LogP contribution in [0.2, 0.25) is 0 Å². The first-order chi connectivity index (χ1) is 15.6. The van der Waals surface area contributed by atoms with E-state index >= 15 is 0 Å². The second kappa shape index (κ2) is 10.2. The smallest absolute Gasteiger partial charge is 0.341 e. The summed E-state index contributed by atoms with van der Waals surface area (Å²) in [5, 5.41) is 19.5. The number of ether oxygens (including phenoxy) is 1. The molecule has 0 atom stereocenters. The van der Waals surface area contributed by atoms with Gasteiger partial charge in [0.2, 0.25) is 11.6 Å². The maximum atomic E-state index is 12.7. The van der Waals surface area contributed by atoms with Gasteiger partial charge in [-0.3, -0.25) is 4.79 Å². The van der Waals surface area contributed by atoms with E-state index in [4.69, 9.17) is 9.26 Å². The quantitative estimate of drug-likeness (QED) is 0.332. The molecule has 0 bridgehead atoms. The number of esters is 1. The summed E-state index contributed by atoms with van der Waals surface area (Å²) in [5.74, 6) is -1.41. The molecule has 0 saturated carbocycles. The van der Waals surface area contributed by atoms with Crippen LogP contribution >= 0.6 is 23.1 Å². The summed E-state index contributed by atoms with van der Waals surface area (Å²) >= 11 is 2.48. The van der Waals surface area contributed by atoms with Crippen molar-refractivity contribution in [3.05, 3.63) is 46.3 Å². The van der Waals surface area contributed by atoms with E-state index in [1.165, 1.54) is 29.5 Å². The Balaban J connectivity index is 1.51. The number of para-hydroxylation sites is 1. The van der Waals surface area contributed by atoms with Crippen molar-refractivity contribution in [2.75, 3.05) is 18.2 Å². The minimum Gasteiger partial charge on any atom is -0.538 e. The summed E-state index contributed by atoms with van der Waals surface area (Å²) in [5.41, 5.74) is 2.11. The van der Waals surface area contributed by atoms with Gasteiger partial charge in [0.1, 0.15) is 5.00 Å². The van der Waals surface area contributed by atoms with Crippen LogP contribution in [0.15, 0.2) is 39.9 Å². The Hall–Kier alpha value is -2.85. The lowest BCUT2D eigenvalue weighted by Crippen LogP contribution is -2.35. The summed E-state index contributed by atoms with van der Waals surface area (Å²) in [4.78, 5) is 26.4. The van der Waals surface area contributed by atoms with Crippen molar-refractivity contribution in [1.29, 1.82) is 0 Å². The van der Waals surface area contributed by atoms with Crippen LogP contribution in [-0.4, -0.2) is 30.0 Å². The van der Waals surface area contributed by atoms with Crippen molar-refractivity contribution < 1.29 is 28.6 Å². The Morgan fingerprint density at radius 2 is 1.97 bits per heavy atom. The van der Waals surface area contributed by atoms with E-state index in [0.29, 0.717) is 16.3 Å². The highest BCUT2D eigenvalue weighted by molar-refractivity contribution is 7.99. The van der Waals surface area contributed by atoms with E-state index in [1.54, 1.807) is 12.1 Å². The number of amides is 1. The fourth-order valence-corrected chi connectivity index (χ4v) is 5.77. The van der Waals surface area contributed by atoms with Gasteiger partial charge in [-0.25, -0.2) is 4.79 Å². The maximum Gasteiger partial charge on any atom is 0.341 e. The second-order valence-corrected chi connectivity index (χ2v) is 9.43. The lowest BCUT2D eigenvalue weighted by molar-refractivity contribution is -0.705. The maximum absolute atomic E-state index is 12.7. The molecule has 1 aliphatic rings. The second-order valence-electron chi connectivity index (χ2n) is 7.36. The van der Waals surface area contributed by atoms with Crippen LogP contribution in [0.1, 0.15) is 46.5 Å². The molecule has 0 unspecified atom stereocenters. The van der Waals surface area contributed by atoms with Crippen molar-refractivity contribution >= 4 is 40.0 Å². The Bertz CT molecular complexity index is 1110. The molecule has 10 heteroatoms. The summed E-state index contributed by atoms with van der Waals surface area (Å²) in [6, 6.07) is 9.07. The molecule has 1 aromatic carbocycles. The molecule has 0 saturated heterocycles. The Labute approximate surface area is 193 Å². The first-order valence-corrected chi connectivity index (χ1v) is 12.2. The highest BCUT2D eigenvalue weighted by Crippen LogP contribution is 2.37. The Morgan fingerprint density at radius 3 is 2.72 bits per heavy atom. The van der Waals surface area contributed by atoms with Gasteiger partial charge in [0.05, 0.1) is 23.7 Å². The molecule has 1 N–H and O–H groups in total. The molecular formula is C22H23N3O5S2. The van der Waals surface area contributed by atoms with E-state index < -0.39 is 11.9 Å². The third kappa shape index (κ3) is 4.81. The molecule has 0 spiro atoms. The molecule has 0 aliphatic heterocycles. The number of aromatic nitrogens is 2. The molecule has 168 valence electrons. The van der Waals surface area contributed by atoms with Crippen LogP contribution in [0.4, 0.5) is 5.00 Å². The Morgan fingerprint density at radius 1 is 1.22 bits per heavy atom. The number of carbonyl (C=O) groups is 2. The molecule has 32 heavy (non-hydrogen) atoms. The number of thioether (sulfide) groups is 1. The highest BCUT2D eigenvalue weighted by atomic mass is 32.2. The average Bonchev–Trinajstić information content (AvgIpc) is 3.31. The molecular weight excluding hydrogens is 450 g/mol. The summed E-state index contributed by atoms with van der Waals surface area (Å²) in [6.45, 7) is 0. The molecule has 1 amide bonds. The normalized spacial score (nSPS) is 13.7. The summed E-state index contributed by atoms with van der Waals surface area (Å²) in [7, 11) is 1.35. The van der Waals surface area contributed by atoms with Crippen molar-refractivity contribution in [1.82, 2.24) is 5.27 Å². The molecule has 8 nitrogen and oxygen atoms in total. The average molecular weight is 474 g/mol. The predicted molar refractivity (Wildman–Crippen MR) is 118 cm³/mol. The zero-order valence-electron chi connectivity index (χ0n) is 17.6. The lowest BCUT2D eigenvalue weighted by atomic mass is 9.96. The first-order valence-electron chi connectivity index (χ1n) is 10.4. The van der Waals surface area contributed by atoms with Crippen LogP contribution in [0.3, 0.4) is 0 Å². The topological polar surface area (TPSA) is 108 Å². The third-order valence-corrected chi connectivity index (χ3v) is 7.45. The molecule has 1 aliphatic carbocycles. The predicted octanol–water partition coefficient (Wildman–Crippen LogP) is 3.26. The Kier molecular flexibility index (Phi) is 7.11. The van der Waals surface area contributed by atoms with Crippen LogP contribution in [-0.2, 0) is 22.4 Å². The first kappa shape index (κ1) is 22.3. The monoisotopic (exact) mass is 473 g/mol. The zero-order valence-corrected chi connectivity index (χ0v) is 19.2. The SMILES string of the molecule is COC(=O)c1c(NC(=O)CSc2c([O-])on[n+]2-c2ccccc2)sc2c1CCCCCC2. The van der Waals surface area contributed by atoms with Gasteiger partial charge in [0.25, 0.3) is 5.03 Å². The minimum atomic E-state index is -0.610. The number of anilines is 1. The van der Waals surface area contributed by atoms with Crippen LogP contribution in [0.25, 0.3) is 5.69 Å². The van der Waals surface area contributed by atoms with Crippen LogP contribution in [0.5, 0.6) is 5.95 Å². The van der Waals surface area contributed by atoms with Gasteiger partial charge in [0.15, 0.2) is 5.95 Å². The van der Waals surface area contributed by atoms with Gasteiger partial charge in [-0.05, 0) is 47.7 Å².